The molecule has 0 aliphatic heterocycles. The number of aromatic nitrogens is 1. The molecule has 0 spiro atoms. The quantitative estimate of drug-likeness (QED) is 0.838. The Kier molecular flexibility index (Phi) is 3.77. The van der Waals surface area contributed by atoms with E-state index in [0.29, 0.717) is 0 Å². The first-order valence-corrected chi connectivity index (χ1v) is 4.96. The van der Waals surface area contributed by atoms with E-state index in [1.165, 1.54) is 26.1 Å². The number of rotatable bonds is 4. The van der Waals surface area contributed by atoms with Crippen molar-refractivity contribution in [1.29, 1.82) is 0 Å². The first-order chi connectivity index (χ1) is 7.83. The Hall–Kier alpha value is -1.98. The van der Waals surface area contributed by atoms with Gasteiger partial charge in [0.2, 0.25) is 5.91 Å². The van der Waals surface area contributed by atoms with Gasteiger partial charge in [-0.3, -0.25) is 14.6 Å². The lowest BCUT2D eigenvalue weighted by Crippen LogP contribution is -2.29. The van der Waals surface area contributed by atoms with E-state index in [-0.39, 0.29) is 12.1 Å². The minimum Gasteiger partial charge on any atom is -0.481 e. The molecular weight excluding hydrogens is 227 g/mol. The van der Waals surface area contributed by atoms with Crippen molar-refractivity contribution in [1.82, 2.24) is 4.98 Å². The van der Waals surface area contributed by atoms with Gasteiger partial charge >= 0.3 is 5.97 Å². The van der Waals surface area contributed by atoms with Gasteiger partial charge in [-0.15, -0.1) is 0 Å². The van der Waals surface area contributed by atoms with Crippen LogP contribution in [0.3, 0.4) is 0 Å². The molecule has 1 heterocycles. The summed E-state index contributed by atoms with van der Waals surface area (Å²) >= 11 is 0. The van der Waals surface area contributed by atoms with E-state index in [0.717, 1.165) is 6.20 Å². The summed E-state index contributed by atoms with van der Waals surface area (Å²) in [5.41, 5.74) is -1.20. The van der Waals surface area contributed by atoms with Crippen molar-refractivity contribution in [3.63, 3.8) is 0 Å². The first kappa shape index (κ1) is 13.1. The van der Waals surface area contributed by atoms with Crippen LogP contribution < -0.4 is 5.32 Å². The fraction of sp³-hybridized carbons (Fsp3) is 0.364. The Morgan fingerprint density at radius 2 is 2.18 bits per heavy atom. The molecule has 0 aliphatic rings. The Balaban J connectivity index is 2.69. The molecule has 6 heteroatoms. The zero-order valence-electron chi connectivity index (χ0n) is 9.53. The summed E-state index contributed by atoms with van der Waals surface area (Å²) in [5, 5.41) is 11.2. The molecule has 2 N–H and O–H groups in total. The lowest BCUT2D eigenvalue weighted by molar-refractivity contribution is -0.148. The number of nitrogens with one attached hydrogen (secondary N) is 1. The molecule has 1 rings (SSSR count). The second-order valence-electron chi connectivity index (χ2n) is 4.27. The summed E-state index contributed by atoms with van der Waals surface area (Å²) in [6.07, 6.45) is 2.07. The monoisotopic (exact) mass is 240 g/mol. The average molecular weight is 240 g/mol. The van der Waals surface area contributed by atoms with Gasteiger partial charge in [-0.2, -0.15) is 0 Å². The van der Waals surface area contributed by atoms with Crippen LogP contribution in [0.5, 0.6) is 0 Å². The van der Waals surface area contributed by atoms with Gasteiger partial charge in [0.05, 0.1) is 17.3 Å². The van der Waals surface area contributed by atoms with Crippen LogP contribution in [0.2, 0.25) is 0 Å². The van der Waals surface area contributed by atoms with Crippen molar-refractivity contribution in [3.8, 4) is 0 Å². The second kappa shape index (κ2) is 4.90. The first-order valence-electron chi connectivity index (χ1n) is 4.96. The molecule has 0 saturated carbocycles. The highest BCUT2D eigenvalue weighted by atomic mass is 19.1. The van der Waals surface area contributed by atoms with Crippen molar-refractivity contribution in [2.24, 2.45) is 5.41 Å². The molecule has 0 saturated heterocycles. The number of hydrogen-bond donors (Lipinski definition) is 2. The SMILES string of the molecule is CC(C)(CC(=O)Nc1ccncc1F)C(=O)O. The van der Waals surface area contributed by atoms with Gasteiger partial charge in [0, 0.05) is 12.6 Å². The number of carbonyl (C=O) groups is 2. The number of halogens is 1. The second-order valence-corrected chi connectivity index (χ2v) is 4.27. The van der Waals surface area contributed by atoms with Crippen LogP contribution in [-0.2, 0) is 9.59 Å². The number of aliphatic carboxylic acids is 1. The molecule has 5 nitrogen and oxygen atoms in total. The molecule has 1 aromatic rings. The molecule has 0 atom stereocenters. The molecule has 0 bridgehead atoms. The van der Waals surface area contributed by atoms with Gasteiger partial charge in [0.25, 0.3) is 0 Å². The summed E-state index contributed by atoms with van der Waals surface area (Å²) in [5.74, 6) is -2.29. The summed E-state index contributed by atoms with van der Waals surface area (Å²) in [6.45, 7) is 2.86. The number of nitrogens with zero attached hydrogens (tertiary/aromatic N) is 1. The smallest absolute Gasteiger partial charge is 0.309 e. The number of carboxylic acids is 1. The van der Waals surface area contributed by atoms with Crippen molar-refractivity contribution in [2.75, 3.05) is 5.32 Å². The van der Waals surface area contributed by atoms with Gasteiger partial charge < -0.3 is 10.4 Å². The van der Waals surface area contributed by atoms with Crippen LogP contribution in [0.1, 0.15) is 20.3 Å². The topological polar surface area (TPSA) is 79.3 Å². The van der Waals surface area contributed by atoms with Crippen LogP contribution in [0.15, 0.2) is 18.5 Å². The number of carbonyl (C=O) groups excluding carboxylic acids is 1. The zero-order chi connectivity index (χ0) is 13.1. The molecule has 1 aromatic heterocycles. The van der Waals surface area contributed by atoms with Crippen LogP contribution in [-0.4, -0.2) is 22.0 Å². The van der Waals surface area contributed by atoms with Crippen molar-refractivity contribution in [2.45, 2.75) is 20.3 Å². The Morgan fingerprint density at radius 3 is 2.71 bits per heavy atom. The molecule has 17 heavy (non-hydrogen) atoms. The van der Waals surface area contributed by atoms with Crippen LogP contribution in [0, 0.1) is 11.2 Å². The van der Waals surface area contributed by atoms with E-state index in [2.05, 4.69) is 10.3 Å². The van der Waals surface area contributed by atoms with E-state index in [1.807, 2.05) is 0 Å². The highest BCUT2D eigenvalue weighted by molar-refractivity contribution is 5.94. The molecule has 0 aliphatic carbocycles. The minimum atomic E-state index is -1.19. The molecule has 0 aromatic carbocycles. The third-order valence-electron chi connectivity index (χ3n) is 2.23. The number of anilines is 1. The van der Waals surface area contributed by atoms with Crippen molar-refractivity contribution < 1.29 is 19.1 Å². The van der Waals surface area contributed by atoms with Gasteiger partial charge in [0.1, 0.15) is 0 Å². The van der Waals surface area contributed by atoms with Gasteiger partial charge in [0.15, 0.2) is 5.82 Å². The number of pyridine rings is 1. The van der Waals surface area contributed by atoms with Crippen LogP contribution in [0.4, 0.5) is 10.1 Å². The van der Waals surface area contributed by atoms with Crippen molar-refractivity contribution >= 4 is 17.6 Å². The predicted molar refractivity (Wildman–Crippen MR) is 58.9 cm³/mol. The maximum atomic E-state index is 13.1. The Labute approximate surface area is 97.7 Å². The summed E-state index contributed by atoms with van der Waals surface area (Å²) in [4.78, 5) is 25.9. The molecule has 0 radical (unpaired) electrons. The standard InChI is InChI=1S/C11H13FN2O3/c1-11(2,10(16)17)5-9(15)14-8-3-4-13-6-7(8)12/h3-4,6H,5H2,1-2H3,(H,16,17)(H,13,14,15). The number of hydrogen-bond acceptors (Lipinski definition) is 3. The van der Waals surface area contributed by atoms with E-state index < -0.39 is 23.1 Å². The highest BCUT2D eigenvalue weighted by Crippen LogP contribution is 2.21. The van der Waals surface area contributed by atoms with Crippen LogP contribution >= 0.6 is 0 Å². The lowest BCUT2D eigenvalue weighted by Gasteiger charge is -2.18. The van der Waals surface area contributed by atoms with E-state index >= 15 is 0 Å². The average Bonchev–Trinajstić information content (AvgIpc) is 2.20. The largest absolute Gasteiger partial charge is 0.481 e. The Bertz CT molecular complexity index is 446. The summed E-state index contributed by atoms with van der Waals surface area (Å²) in [7, 11) is 0. The van der Waals surface area contributed by atoms with Crippen molar-refractivity contribution in [3.05, 3.63) is 24.3 Å². The highest BCUT2D eigenvalue weighted by Gasteiger charge is 2.30. The van der Waals surface area contributed by atoms with Crippen LogP contribution in [0.25, 0.3) is 0 Å². The van der Waals surface area contributed by atoms with Gasteiger partial charge in [-0.25, -0.2) is 4.39 Å². The minimum absolute atomic E-state index is 0.00816. The van der Waals surface area contributed by atoms with E-state index in [4.69, 9.17) is 5.11 Å². The molecule has 1 amide bonds. The normalized spacial score (nSPS) is 11.0. The number of carboxylic acid groups (broad SMARTS) is 1. The molecule has 92 valence electrons. The maximum absolute atomic E-state index is 13.1. The third-order valence-corrected chi connectivity index (χ3v) is 2.23. The third kappa shape index (κ3) is 3.51. The molecule has 0 fully saturated rings. The van der Waals surface area contributed by atoms with E-state index in [1.54, 1.807) is 0 Å². The molecular formula is C11H13FN2O3. The van der Waals surface area contributed by atoms with E-state index in [9.17, 15) is 14.0 Å². The maximum Gasteiger partial charge on any atom is 0.309 e. The van der Waals surface area contributed by atoms with Gasteiger partial charge in [-0.1, -0.05) is 0 Å². The molecule has 0 unspecified atom stereocenters. The fourth-order valence-electron chi connectivity index (χ4n) is 1.15. The lowest BCUT2D eigenvalue weighted by atomic mass is 9.89. The van der Waals surface area contributed by atoms with Gasteiger partial charge in [-0.05, 0) is 19.9 Å². The number of amides is 1. The summed E-state index contributed by atoms with van der Waals surface area (Å²) < 4.78 is 13.1. The fourth-order valence-corrected chi connectivity index (χ4v) is 1.15. The summed E-state index contributed by atoms with van der Waals surface area (Å²) in [6, 6.07) is 1.31. The predicted octanol–water partition coefficient (Wildman–Crippen LogP) is 1.66. The zero-order valence-corrected chi connectivity index (χ0v) is 9.53. The Morgan fingerprint density at radius 1 is 1.53 bits per heavy atom.